The normalized spacial score (nSPS) is 12.2. The predicted molar refractivity (Wildman–Crippen MR) is 202 cm³/mol. The van der Waals surface area contributed by atoms with Crippen molar-refractivity contribution in [3.8, 4) is 0 Å². The number of aromatic amines is 2. The van der Waals surface area contributed by atoms with E-state index in [0.29, 0.717) is 25.7 Å². The van der Waals surface area contributed by atoms with Crippen LogP contribution < -0.4 is 9.80 Å². The second-order valence-corrected chi connectivity index (χ2v) is 13.5. The van der Waals surface area contributed by atoms with Crippen molar-refractivity contribution in [2.24, 2.45) is 0 Å². The highest BCUT2D eigenvalue weighted by Crippen LogP contribution is 2.39. The number of H-pyrrole nitrogens is 2. The molecular weight excluding hydrogens is 612 g/mol. The number of rotatable bonds is 12. The summed E-state index contributed by atoms with van der Waals surface area (Å²) < 4.78 is 12.4. The molecule has 0 aliphatic rings. The Balaban J connectivity index is 1.22. The van der Waals surface area contributed by atoms with Crippen LogP contribution in [0.2, 0.25) is 0 Å². The lowest BCUT2D eigenvalue weighted by Gasteiger charge is -2.34. The van der Waals surface area contributed by atoms with Crippen molar-refractivity contribution in [3.05, 3.63) is 83.9 Å². The van der Waals surface area contributed by atoms with Crippen molar-refractivity contribution in [2.75, 3.05) is 38.0 Å². The Kier molecular flexibility index (Phi) is 9.09. The zero-order valence-electron chi connectivity index (χ0n) is 30.0. The van der Waals surface area contributed by atoms with Crippen LogP contribution in [0, 0.1) is 0 Å². The van der Waals surface area contributed by atoms with Gasteiger partial charge in [-0.3, -0.25) is 9.59 Å². The highest BCUT2D eigenvalue weighted by atomic mass is 16.6. The van der Waals surface area contributed by atoms with Gasteiger partial charge in [0.15, 0.2) is 0 Å². The summed E-state index contributed by atoms with van der Waals surface area (Å²) in [5.41, 5.74) is 6.34. The number of carbonyl (C=O) groups is 2. The van der Waals surface area contributed by atoms with E-state index in [1.54, 1.807) is 0 Å². The minimum atomic E-state index is -0.878. The first-order valence-corrected chi connectivity index (χ1v) is 17.4. The summed E-state index contributed by atoms with van der Waals surface area (Å²) in [5, 5.41) is 4.50. The van der Waals surface area contributed by atoms with E-state index in [0.717, 1.165) is 66.1 Å². The molecule has 8 heteroatoms. The lowest BCUT2D eigenvalue weighted by Crippen LogP contribution is -2.35. The summed E-state index contributed by atoms with van der Waals surface area (Å²) in [6.07, 6.45) is 1.79. The van der Waals surface area contributed by atoms with Crippen LogP contribution in [0.5, 0.6) is 0 Å². The minimum absolute atomic E-state index is 0.465. The Morgan fingerprint density at radius 3 is 1.27 bits per heavy atom. The molecule has 4 aromatic carbocycles. The van der Waals surface area contributed by atoms with E-state index >= 15 is 0 Å². The summed E-state index contributed by atoms with van der Waals surface area (Å²) in [6, 6.07) is 25.1. The maximum atomic E-state index is 13.5. The third-order valence-corrected chi connectivity index (χ3v) is 10.4. The minimum Gasteiger partial charge on any atom is -0.454 e. The average Bonchev–Trinajstić information content (AvgIpc) is 3.66. The number of nitrogens with one attached hydrogen (secondary N) is 2. The molecule has 0 aliphatic heterocycles. The second kappa shape index (κ2) is 13.1. The van der Waals surface area contributed by atoms with Gasteiger partial charge in [-0.15, -0.1) is 0 Å². The number of hydrogen-bond donors (Lipinski definition) is 2. The molecule has 0 fully saturated rings. The van der Waals surface area contributed by atoms with Gasteiger partial charge in [-0.1, -0.05) is 52.0 Å². The molecule has 2 heterocycles. The first kappa shape index (κ1) is 33.9. The van der Waals surface area contributed by atoms with E-state index in [4.69, 9.17) is 9.47 Å². The van der Waals surface area contributed by atoms with Crippen molar-refractivity contribution >= 4 is 66.9 Å². The van der Waals surface area contributed by atoms with Gasteiger partial charge in [-0.2, -0.15) is 0 Å². The van der Waals surface area contributed by atoms with Gasteiger partial charge >= 0.3 is 11.9 Å². The maximum absolute atomic E-state index is 13.5. The van der Waals surface area contributed by atoms with E-state index in [2.05, 4.69) is 80.4 Å². The molecule has 0 bridgehead atoms. The monoisotopic (exact) mass is 660 g/mol. The van der Waals surface area contributed by atoms with E-state index in [9.17, 15) is 9.59 Å². The lowest BCUT2D eigenvalue weighted by molar-refractivity contribution is -0.174. The van der Waals surface area contributed by atoms with Gasteiger partial charge in [-0.25, -0.2) is 0 Å². The molecule has 8 nitrogen and oxygen atoms in total. The summed E-state index contributed by atoms with van der Waals surface area (Å²) >= 11 is 0. The SMILES string of the molecule is CCC(CC)(OC(=O)CC(=O)OC(CC)(CC)c1ccc2c(c1)[nH]c1ccc(N(C)C)cc12)c1ccc2c(c1)[nH]c1ccc(N(C)C)cc12. The van der Waals surface area contributed by atoms with Crippen LogP contribution in [0.4, 0.5) is 11.4 Å². The molecule has 2 aromatic heterocycles. The molecule has 0 amide bonds. The fourth-order valence-electron chi connectivity index (χ4n) is 7.26. The van der Waals surface area contributed by atoms with Gasteiger partial charge in [0.2, 0.25) is 0 Å². The highest BCUT2D eigenvalue weighted by molar-refractivity contribution is 6.09. The number of hydrogen-bond acceptors (Lipinski definition) is 6. The van der Waals surface area contributed by atoms with Crippen LogP contribution in [0.1, 0.15) is 70.9 Å². The number of fused-ring (bicyclic) bond motifs is 6. The second-order valence-electron chi connectivity index (χ2n) is 13.5. The largest absolute Gasteiger partial charge is 0.454 e. The van der Waals surface area contributed by atoms with Gasteiger partial charge in [0.05, 0.1) is 0 Å². The fourth-order valence-corrected chi connectivity index (χ4v) is 7.26. The molecule has 0 spiro atoms. The van der Waals surface area contributed by atoms with Gasteiger partial charge in [0, 0.05) is 83.2 Å². The molecule has 49 heavy (non-hydrogen) atoms. The quantitative estimate of drug-likeness (QED) is 0.100. The zero-order valence-corrected chi connectivity index (χ0v) is 30.0. The Hall–Kier alpha value is -4.98. The number of anilines is 2. The number of carbonyl (C=O) groups excluding carboxylic acids is 2. The molecule has 6 aromatic rings. The first-order valence-electron chi connectivity index (χ1n) is 17.4. The van der Waals surface area contributed by atoms with Crippen LogP contribution in [0.25, 0.3) is 43.6 Å². The Morgan fingerprint density at radius 1 is 0.531 bits per heavy atom. The van der Waals surface area contributed by atoms with Crippen LogP contribution in [0.15, 0.2) is 72.8 Å². The van der Waals surface area contributed by atoms with E-state index in [1.807, 2.05) is 68.0 Å². The number of nitrogens with zero attached hydrogens (tertiary/aromatic N) is 2. The zero-order chi connectivity index (χ0) is 35.1. The fraction of sp³-hybridized carbons (Fsp3) is 0.366. The third kappa shape index (κ3) is 6.09. The van der Waals surface area contributed by atoms with Gasteiger partial charge in [0.25, 0.3) is 0 Å². The smallest absolute Gasteiger partial charge is 0.318 e. The van der Waals surface area contributed by atoms with Crippen LogP contribution in [-0.2, 0) is 30.3 Å². The number of aromatic nitrogens is 2. The number of benzene rings is 4. The molecule has 6 rings (SSSR count). The Morgan fingerprint density at radius 2 is 0.918 bits per heavy atom. The summed E-state index contributed by atoms with van der Waals surface area (Å²) in [5.74, 6) is -1.19. The molecule has 0 aliphatic carbocycles. The van der Waals surface area contributed by atoms with Gasteiger partial charge in [0.1, 0.15) is 17.6 Å². The van der Waals surface area contributed by atoms with E-state index in [-0.39, 0.29) is 0 Å². The summed E-state index contributed by atoms with van der Waals surface area (Å²) in [7, 11) is 8.13. The van der Waals surface area contributed by atoms with Gasteiger partial charge in [-0.05, 0) is 85.3 Å². The van der Waals surface area contributed by atoms with Crippen LogP contribution >= 0.6 is 0 Å². The molecule has 256 valence electrons. The van der Waals surface area contributed by atoms with Crippen LogP contribution in [-0.4, -0.2) is 50.1 Å². The van der Waals surface area contributed by atoms with Crippen molar-refractivity contribution in [3.63, 3.8) is 0 Å². The van der Waals surface area contributed by atoms with Crippen molar-refractivity contribution in [2.45, 2.75) is 71.0 Å². The standard InChI is InChI=1S/C41H48N4O4/c1-9-40(10-2,26-13-17-30-32-23-28(44(5)6)15-19-34(32)42-36(30)21-26)48-38(46)25-39(47)49-41(11-3,12-4)27-14-18-31-33-24-29(45(7)8)16-20-35(33)43-37(31)22-27/h13-24,42-43H,9-12,25H2,1-8H3. The topological polar surface area (TPSA) is 90.7 Å². The van der Waals surface area contributed by atoms with E-state index < -0.39 is 29.6 Å². The Bertz CT molecular complexity index is 2010. The lowest BCUT2D eigenvalue weighted by atomic mass is 9.87. The average molecular weight is 661 g/mol. The molecule has 2 N–H and O–H groups in total. The molecule has 0 saturated carbocycles. The van der Waals surface area contributed by atoms with Crippen molar-refractivity contribution in [1.29, 1.82) is 0 Å². The van der Waals surface area contributed by atoms with Gasteiger partial charge < -0.3 is 29.2 Å². The summed E-state index contributed by atoms with van der Waals surface area (Å²) in [6.45, 7) is 8.03. The Labute approximate surface area is 288 Å². The molecule has 0 unspecified atom stereocenters. The predicted octanol–water partition coefficient (Wildman–Crippen LogP) is 9.29. The molecule has 0 radical (unpaired) electrons. The number of esters is 2. The van der Waals surface area contributed by atoms with Crippen molar-refractivity contribution in [1.82, 2.24) is 9.97 Å². The molecule has 0 saturated heterocycles. The maximum Gasteiger partial charge on any atom is 0.318 e. The highest BCUT2D eigenvalue weighted by Gasteiger charge is 2.37. The number of ether oxygens (including phenoxy) is 2. The van der Waals surface area contributed by atoms with Crippen LogP contribution in [0.3, 0.4) is 0 Å². The summed E-state index contributed by atoms with van der Waals surface area (Å²) in [4.78, 5) is 38.2. The molecule has 0 atom stereocenters. The first-order chi connectivity index (χ1) is 23.5. The third-order valence-electron chi connectivity index (χ3n) is 10.4. The van der Waals surface area contributed by atoms with Crippen molar-refractivity contribution < 1.29 is 19.1 Å². The van der Waals surface area contributed by atoms with E-state index in [1.165, 1.54) is 0 Å². The molecular formula is C41H48N4O4.